The SMILES string of the molecule is O=S(=O)(Cl)Cc1cc(F)c(F)c(O)c1F. The first-order valence-corrected chi connectivity index (χ1v) is 5.98. The Kier molecular flexibility index (Phi) is 3.15. The lowest BCUT2D eigenvalue weighted by Gasteiger charge is -2.04. The Bertz CT molecular complexity index is 501. The molecule has 1 aromatic carbocycles. The van der Waals surface area contributed by atoms with Crippen molar-refractivity contribution in [2.75, 3.05) is 0 Å². The second-order valence-electron chi connectivity index (χ2n) is 2.68. The van der Waals surface area contributed by atoms with Crippen LogP contribution in [0.15, 0.2) is 6.07 Å². The van der Waals surface area contributed by atoms with Crippen LogP contribution in [0.5, 0.6) is 5.75 Å². The van der Waals surface area contributed by atoms with E-state index in [0.29, 0.717) is 6.07 Å². The average molecular weight is 261 g/mol. The van der Waals surface area contributed by atoms with Crippen molar-refractivity contribution in [2.24, 2.45) is 0 Å². The van der Waals surface area contributed by atoms with Crippen molar-refractivity contribution in [1.82, 2.24) is 0 Å². The zero-order valence-corrected chi connectivity index (χ0v) is 8.54. The van der Waals surface area contributed by atoms with Gasteiger partial charge in [-0.15, -0.1) is 0 Å². The Morgan fingerprint density at radius 3 is 2.27 bits per heavy atom. The molecule has 0 fully saturated rings. The van der Waals surface area contributed by atoms with Gasteiger partial charge in [-0.05, 0) is 6.07 Å². The molecule has 0 aromatic heterocycles. The van der Waals surface area contributed by atoms with E-state index >= 15 is 0 Å². The van der Waals surface area contributed by atoms with E-state index in [0.717, 1.165) is 0 Å². The molecule has 0 bridgehead atoms. The van der Waals surface area contributed by atoms with Crippen LogP contribution in [0.1, 0.15) is 5.56 Å². The van der Waals surface area contributed by atoms with Crippen molar-refractivity contribution >= 4 is 19.7 Å². The maximum absolute atomic E-state index is 13.0. The van der Waals surface area contributed by atoms with Gasteiger partial charge in [-0.2, -0.15) is 4.39 Å². The van der Waals surface area contributed by atoms with Crippen LogP contribution < -0.4 is 0 Å². The minimum absolute atomic E-state index is 0.324. The second kappa shape index (κ2) is 3.90. The smallest absolute Gasteiger partial charge is 0.236 e. The highest BCUT2D eigenvalue weighted by Gasteiger charge is 2.21. The molecule has 1 N–H and O–H groups in total. The van der Waals surface area contributed by atoms with Crippen LogP contribution in [-0.2, 0) is 14.8 Å². The molecule has 1 rings (SSSR count). The zero-order chi connectivity index (χ0) is 11.8. The summed E-state index contributed by atoms with van der Waals surface area (Å²) in [7, 11) is 0.678. The topological polar surface area (TPSA) is 54.4 Å². The predicted molar refractivity (Wildman–Crippen MR) is 46.5 cm³/mol. The van der Waals surface area contributed by atoms with Crippen LogP contribution in [-0.4, -0.2) is 13.5 Å². The Labute approximate surface area is 87.5 Å². The van der Waals surface area contributed by atoms with E-state index in [2.05, 4.69) is 0 Å². The lowest BCUT2D eigenvalue weighted by atomic mass is 10.2. The molecule has 15 heavy (non-hydrogen) atoms. The average Bonchev–Trinajstić information content (AvgIpc) is 2.08. The monoisotopic (exact) mass is 260 g/mol. The van der Waals surface area contributed by atoms with Crippen molar-refractivity contribution in [3.05, 3.63) is 29.1 Å². The quantitative estimate of drug-likeness (QED) is 0.652. The van der Waals surface area contributed by atoms with Crippen molar-refractivity contribution in [2.45, 2.75) is 5.75 Å². The summed E-state index contributed by atoms with van der Waals surface area (Å²) in [6.07, 6.45) is 0. The normalized spacial score (nSPS) is 11.7. The Balaban J connectivity index is 3.33. The van der Waals surface area contributed by atoms with Gasteiger partial charge in [0.1, 0.15) is 0 Å². The maximum Gasteiger partial charge on any atom is 0.236 e. The van der Waals surface area contributed by atoms with Crippen LogP contribution in [0.2, 0.25) is 0 Å². The summed E-state index contributed by atoms with van der Waals surface area (Å²) in [5.74, 6) is -7.47. The number of hydrogen-bond acceptors (Lipinski definition) is 3. The minimum Gasteiger partial charge on any atom is -0.503 e. The number of phenols is 1. The molecule has 0 heterocycles. The molecule has 1 aromatic rings. The van der Waals surface area contributed by atoms with E-state index in [-0.39, 0.29) is 0 Å². The molecule has 0 atom stereocenters. The number of aromatic hydroxyl groups is 1. The van der Waals surface area contributed by atoms with Gasteiger partial charge in [-0.25, -0.2) is 17.2 Å². The largest absolute Gasteiger partial charge is 0.503 e. The lowest BCUT2D eigenvalue weighted by Crippen LogP contribution is -2.01. The van der Waals surface area contributed by atoms with Crippen LogP contribution in [0.3, 0.4) is 0 Å². The van der Waals surface area contributed by atoms with Gasteiger partial charge < -0.3 is 5.11 Å². The third-order valence-electron chi connectivity index (χ3n) is 1.54. The highest BCUT2D eigenvalue weighted by molar-refractivity contribution is 8.13. The highest BCUT2D eigenvalue weighted by atomic mass is 35.7. The molecule has 0 aliphatic carbocycles. The number of halogens is 4. The molecule has 84 valence electrons. The van der Waals surface area contributed by atoms with Crippen LogP contribution >= 0.6 is 10.7 Å². The van der Waals surface area contributed by atoms with Crippen LogP contribution in [0.25, 0.3) is 0 Å². The summed E-state index contributed by atoms with van der Waals surface area (Å²) >= 11 is 0. The summed E-state index contributed by atoms with van der Waals surface area (Å²) < 4.78 is 59.3. The van der Waals surface area contributed by atoms with E-state index in [1.807, 2.05) is 0 Å². The number of hydrogen-bond donors (Lipinski definition) is 1. The van der Waals surface area contributed by atoms with Gasteiger partial charge >= 0.3 is 0 Å². The van der Waals surface area contributed by atoms with E-state index in [4.69, 9.17) is 15.8 Å². The molecule has 0 aliphatic heterocycles. The van der Waals surface area contributed by atoms with E-state index in [1.54, 1.807) is 0 Å². The standard InChI is InChI=1S/C7H4ClF3O3S/c8-15(13,14)2-3-1-4(9)6(11)7(12)5(3)10/h1,12H,2H2. The van der Waals surface area contributed by atoms with Crippen molar-refractivity contribution in [3.8, 4) is 5.75 Å². The van der Waals surface area contributed by atoms with E-state index < -0.39 is 43.6 Å². The Morgan fingerprint density at radius 1 is 1.27 bits per heavy atom. The van der Waals surface area contributed by atoms with Gasteiger partial charge in [0.05, 0.1) is 5.75 Å². The first-order valence-electron chi connectivity index (χ1n) is 3.50. The molecular formula is C7H4ClF3O3S. The van der Waals surface area contributed by atoms with Gasteiger partial charge in [-0.1, -0.05) is 0 Å². The molecule has 0 amide bonds. The van der Waals surface area contributed by atoms with Gasteiger partial charge in [0, 0.05) is 16.2 Å². The molecule has 8 heteroatoms. The van der Waals surface area contributed by atoms with E-state index in [1.165, 1.54) is 0 Å². The summed E-state index contributed by atoms with van der Waals surface area (Å²) in [4.78, 5) is 0. The molecule has 0 saturated carbocycles. The summed E-state index contributed by atoms with van der Waals surface area (Å²) in [6, 6.07) is 0.324. The van der Waals surface area contributed by atoms with Crippen molar-refractivity contribution in [3.63, 3.8) is 0 Å². The molecule has 0 radical (unpaired) electrons. The fourth-order valence-electron chi connectivity index (χ4n) is 0.932. The Morgan fingerprint density at radius 2 is 1.80 bits per heavy atom. The fourth-order valence-corrected chi connectivity index (χ4v) is 1.87. The highest BCUT2D eigenvalue weighted by Crippen LogP contribution is 2.27. The van der Waals surface area contributed by atoms with Crippen molar-refractivity contribution in [1.29, 1.82) is 0 Å². The molecule has 0 unspecified atom stereocenters. The number of phenolic OH excluding ortho intramolecular Hbond substituents is 1. The fraction of sp³-hybridized carbons (Fsp3) is 0.143. The summed E-state index contributed by atoms with van der Waals surface area (Å²) in [5, 5.41) is 8.74. The molecule has 0 aliphatic rings. The zero-order valence-electron chi connectivity index (χ0n) is 6.97. The van der Waals surface area contributed by atoms with Gasteiger partial charge in [0.25, 0.3) is 0 Å². The lowest BCUT2D eigenvalue weighted by molar-refractivity contribution is 0.374. The van der Waals surface area contributed by atoms with Crippen LogP contribution in [0, 0.1) is 17.5 Å². The number of rotatable bonds is 2. The molecular weight excluding hydrogens is 257 g/mol. The molecule has 3 nitrogen and oxygen atoms in total. The third-order valence-corrected chi connectivity index (χ3v) is 2.52. The summed E-state index contributed by atoms with van der Waals surface area (Å²) in [6.45, 7) is 0. The Hall–Kier alpha value is -0.950. The van der Waals surface area contributed by atoms with E-state index in [9.17, 15) is 21.6 Å². The number of benzene rings is 1. The molecule has 0 saturated heterocycles. The van der Waals surface area contributed by atoms with Gasteiger partial charge in [0.15, 0.2) is 17.4 Å². The first-order chi connectivity index (χ1) is 6.72. The minimum atomic E-state index is -4.11. The van der Waals surface area contributed by atoms with Crippen molar-refractivity contribution < 1.29 is 26.7 Å². The second-order valence-corrected chi connectivity index (χ2v) is 5.45. The first kappa shape index (κ1) is 12.1. The summed E-state index contributed by atoms with van der Waals surface area (Å²) in [5.41, 5.74) is -0.735. The van der Waals surface area contributed by atoms with Gasteiger partial charge in [-0.3, -0.25) is 0 Å². The third kappa shape index (κ3) is 2.75. The molecule has 0 spiro atoms. The predicted octanol–water partition coefficient (Wildman–Crippen LogP) is 1.88. The van der Waals surface area contributed by atoms with Gasteiger partial charge in [0.2, 0.25) is 14.9 Å². The van der Waals surface area contributed by atoms with Crippen LogP contribution in [0.4, 0.5) is 13.2 Å². The maximum atomic E-state index is 13.0.